The summed E-state index contributed by atoms with van der Waals surface area (Å²) in [5.74, 6) is 0. The molecule has 2 aliphatic heterocycles. The Bertz CT molecular complexity index is 1310. The lowest BCUT2D eigenvalue weighted by molar-refractivity contribution is -0.374. The van der Waals surface area contributed by atoms with Gasteiger partial charge >= 0.3 is 0 Å². The molecule has 0 amide bonds. The van der Waals surface area contributed by atoms with Crippen molar-refractivity contribution < 1.29 is 4.92 Å². The van der Waals surface area contributed by atoms with E-state index in [0.717, 1.165) is 33.5 Å². The first-order chi connectivity index (χ1) is 13.1. The summed E-state index contributed by atoms with van der Waals surface area (Å²) in [6.07, 6.45) is 5.38. The lowest BCUT2D eigenvalue weighted by Crippen LogP contribution is -1.94. The van der Waals surface area contributed by atoms with Crippen LogP contribution in [0, 0.1) is 10.1 Å². The molecular formula is C20H13N5O2. The third-order valence-electron chi connectivity index (χ3n) is 4.34. The molecule has 2 aliphatic rings. The van der Waals surface area contributed by atoms with Crippen LogP contribution < -0.4 is 0 Å². The maximum atomic E-state index is 11.4. The van der Waals surface area contributed by atoms with E-state index in [1.165, 1.54) is 6.08 Å². The van der Waals surface area contributed by atoms with Crippen molar-refractivity contribution in [2.75, 3.05) is 0 Å². The summed E-state index contributed by atoms with van der Waals surface area (Å²) in [6.45, 7) is 0. The Kier molecular flexibility index (Phi) is 3.26. The van der Waals surface area contributed by atoms with E-state index in [1.54, 1.807) is 12.1 Å². The van der Waals surface area contributed by atoms with Crippen molar-refractivity contribution in [2.24, 2.45) is 0 Å². The lowest BCUT2D eigenvalue weighted by atomic mass is 10.3. The molecule has 2 N–H and O–H groups in total. The van der Waals surface area contributed by atoms with Crippen LogP contribution >= 0.6 is 0 Å². The Morgan fingerprint density at radius 1 is 0.741 bits per heavy atom. The highest BCUT2D eigenvalue weighted by molar-refractivity contribution is 5.81. The molecule has 0 radical (unpaired) electrons. The average Bonchev–Trinajstić information content (AvgIpc) is 3.38. The van der Waals surface area contributed by atoms with Crippen molar-refractivity contribution in [2.45, 2.75) is 0 Å². The van der Waals surface area contributed by atoms with Gasteiger partial charge in [0, 0.05) is 28.1 Å². The summed E-state index contributed by atoms with van der Waals surface area (Å²) in [5.41, 5.74) is 5.82. The van der Waals surface area contributed by atoms with Crippen molar-refractivity contribution in [3.63, 3.8) is 0 Å². The molecule has 0 aliphatic carbocycles. The fraction of sp³-hybridized carbons (Fsp3) is 0. The summed E-state index contributed by atoms with van der Waals surface area (Å²) in [7, 11) is 0. The fourth-order valence-corrected chi connectivity index (χ4v) is 3.15. The molecule has 0 saturated carbocycles. The summed E-state index contributed by atoms with van der Waals surface area (Å²) in [6, 6.07) is 14.9. The number of aromatic amines is 2. The van der Waals surface area contributed by atoms with Gasteiger partial charge in [0.05, 0.1) is 22.0 Å². The minimum Gasteiger partial charge on any atom is -0.355 e. The molecule has 0 fully saturated rings. The van der Waals surface area contributed by atoms with Crippen LogP contribution in [0.4, 0.5) is 0 Å². The van der Waals surface area contributed by atoms with E-state index in [4.69, 9.17) is 0 Å². The standard InChI is InChI=1S/C20H13N5O2/c26-25(27)20-11-18-9-16-4-3-14(22-16)7-12-1-2-13(21-12)8-15-5-6-17(23-15)10-19(20)24-18/h1-11,22-23H. The third kappa shape index (κ3) is 2.91. The molecule has 0 unspecified atom stereocenters. The van der Waals surface area contributed by atoms with Gasteiger partial charge in [-0.15, -0.1) is 0 Å². The van der Waals surface area contributed by atoms with Crippen LogP contribution in [0.25, 0.3) is 46.0 Å². The van der Waals surface area contributed by atoms with E-state index in [2.05, 4.69) is 19.9 Å². The highest BCUT2D eigenvalue weighted by atomic mass is 16.6. The SMILES string of the molecule is O=[N+]([O-])C1=Cc2cc3ccc(cc4nc(cc5ccc(cc1n2)[nH]5)C=C4)[nH]3. The fourth-order valence-electron chi connectivity index (χ4n) is 3.15. The van der Waals surface area contributed by atoms with Crippen LogP contribution in [0.15, 0.2) is 48.5 Å². The van der Waals surface area contributed by atoms with Gasteiger partial charge in [-0.25, -0.2) is 9.97 Å². The Balaban J connectivity index is 1.85. The Morgan fingerprint density at radius 2 is 1.26 bits per heavy atom. The highest BCUT2D eigenvalue weighted by Crippen LogP contribution is 2.23. The second kappa shape index (κ2) is 5.77. The second-order valence-corrected chi connectivity index (χ2v) is 6.32. The molecule has 0 atom stereocenters. The molecule has 7 heteroatoms. The van der Waals surface area contributed by atoms with E-state index < -0.39 is 4.92 Å². The monoisotopic (exact) mass is 355 g/mol. The maximum absolute atomic E-state index is 11.4. The molecule has 0 aromatic carbocycles. The number of fused-ring (bicyclic) bond motifs is 8. The van der Waals surface area contributed by atoms with Gasteiger partial charge in [0.1, 0.15) is 5.69 Å². The topological polar surface area (TPSA) is 100 Å². The predicted molar refractivity (Wildman–Crippen MR) is 105 cm³/mol. The van der Waals surface area contributed by atoms with Gasteiger partial charge in [0.25, 0.3) is 5.70 Å². The van der Waals surface area contributed by atoms with Gasteiger partial charge in [-0.05, 0) is 60.7 Å². The zero-order valence-electron chi connectivity index (χ0n) is 14.0. The average molecular weight is 355 g/mol. The number of H-pyrrole nitrogens is 2. The lowest BCUT2D eigenvalue weighted by Gasteiger charge is -1.89. The minimum atomic E-state index is -0.413. The minimum absolute atomic E-state index is 0.0223. The number of aromatic nitrogens is 4. The molecule has 3 aromatic rings. The van der Waals surface area contributed by atoms with Gasteiger partial charge < -0.3 is 9.97 Å². The molecule has 0 saturated heterocycles. The summed E-state index contributed by atoms with van der Waals surface area (Å²) in [4.78, 5) is 26.5. The number of nitrogens with one attached hydrogen (secondary N) is 2. The Labute approximate surface area is 152 Å². The van der Waals surface area contributed by atoms with Crippen molar-refractivity contribution >= 4 is 46.0 Å². The normalized spacial score (nSPS) is 12.8. The van der Waals surface area contributed by atoms with Gasteiger partial charge in [0.2, 0.25) is 0 Å². The molecule has 27 heavy (non-hydrogen) atoms. The largest absolute Gasteiger partial charge is 0.355 e. The van der Waals surface area contributed by atoms with Crippen molar-refractivity contribution in [1.82, 2.24) is 19.9 Å². The number of hydrogen-bond acceptors (Lipinski definition) is 4. The van der Waals surface area contributed by atoms with Crippen molar-refractivity contribution in [3.05, 3.63) is 81.4 Å². The third-order valence-corrected chi connectivity index (χ3v) is 4.34. The molecule has 5 rings (SSSR count). The van der Waals surface area contributed by atoms with E-state index in [0.29, 0.717) is 11.4 Å². The number of nitrogens with zero attached hydrogens (tertiary/aromatic N) is 3. The van der Waals surface area contributed by atoms with Crippen molar-refractivity contribution in [1.29, 1.82) is 0 Å². The van der Waals surface area contributed by atoms with Crippen LogP contribution in [0.3, 0.4) is 0 Å². The van der Waals surface area contributed by atoms with Crippen LogP contribution in [-0.2, 0) is 0 Å². The number of rotatable bonds is 1. The molecule has 7 nitrogen and oxygen atoms in total. The Hall–Kier alpha value is -4.00. The molecular weight excluding hydrogens is 342 g/mol. The zero-order valence-corrected chi connectivity index (χ0v) is 14.0. The number of hydrogen-bond donors (Lipinski definition) is 2. The van der Waals surface area contributed by atoms with E-state index in [1.807, 2.05) is 48.6 Å². The first kappa shape index (κ1) is 15.3. The van der Waals surface area contributed by atoms with Crippen LogP contribution in [0.1, 0.15) is 22.8 Å². The van der Waals surface area contributed by atoms with Crippen LogP contribution in [0.2, 0.25) is 0 Å². The first-order valence-electron chi connectivity index (χ1n) is 8.35. The predicted octanol–water partition coefficient (Wildman–Crippen LogP) is 4.26. The van der Waals surface area contributed by atoms with Gasteiger partial charge in [0.15, 0.2) is 0 Å². The van der Waals surface area contributed by atoms with Crippen molar-refractivity contribution in [3.8, 4) is 0 Å². The van der Waals surface area contributed by atoms with Gasteiger partial charge in [-0.1, -0.05) is 0 Å². The van der Waals surface area contributed by atoms with Crippen LogP contribution in [0.5, 0.6) is 0 Å². The molecule has 130 valence electrons. The Morgan fingerprint density at radius 3 is 1.81 bits per heavy atom. The molecule has 8 bridgehead atoms. The summed E-state index contributed by atoms with van der Waals surface area (Å²) < 4.78 is 0. The number of nitro groups is 1. The highest BCUT2D eigenvalue weighted by Gasteiger charge is 2.20. The zero-order chi connectivity index (χ0) is 18.4. The van der Waals surface area contributed by atoms with E-state index in [9.17, 15) is 10.1 Å². The van der Waals surface area contributed by atoms with Crippen LogP contribution in [-0.4, -0.2) is 24.9 Å². The quantitative estimate of drug-likeness (QED) is 0.393. The summed E-state index contributed by atoms with van der Waals surface area (Å²) in [5, 5.41) is 11.4. The molecule has 5 heterocycles. The maximum Gasteiger partial charge on any atom is 0.297 e. The van der Waals surface area contributed by atoms with Gasteiger partial charge in [-0.2, -0.15) is 0 Å². The molecule has 0 spiro atoms. The van der Waals surface area contributed by atoms with E-state index in [-0.39, 0.29) is 5.70 Å². The summed E-state index contributed by atoms with van der Waals surface area (Å²) >= 11 is 0. The first-order valence-corrected chi connectivity index (χ1v) is 8.35. The smallest absolute Gasteiger partial charge is 0.297 e. The second-order valence-electron chi connectivity index (χ2n) is 6.32. The molecule has 3 aromatic heterocycles. The van der Waals surface area contributed by atoms with E-state index >= 15 is 0 Å². The van der Waals surface area contributed by atoms with Gasteiger partial charge in [-0.3, -0.25) is 10.1 Å².